The third-order valence-corrected chi connectivity index (χ3v) is 6.29. The summed E-state index contributed by atoms with van der Waals surface area (Å²) in [4.78, 5) is 23.4. The molecule has 25 heavy (non-hydrogen) atoms. The minimum atomic E-state index is -3.83. The highest BCUT2D eigenvalue weighted by Crippen LogP contribution is 2.35. The third kappa shape index (κ3) is 4.03. The number of benzene rings is 1. The molecule has 0 fully saturated rings. The molecule has 0 unspecified atom stereocenters. The molecule has 0 bridgehead atoms. The Bertz CT molecular complexity index is 781. The number of sulfonamides is 1. The van der Waals surface area contributed by atoms with E-state index in [2.05, 4.69) is 15.5 Å². The first-order valence-corrected chi connectivity index (χ1v) is 10.3. The van der Waals surface area contributed by atoms with E-state index < -0.39 is 27.7 Å². The van der Waals surface area contributed by atoms with Crippen LogP contribution in [0.2, 0.25) is 0 Å². The van der Waals surface area contributed by atoms with Crippen molar-refractivity contribution in [2.75, 3.05) is 12.9 Å². The first-order chi connectivity index (χ1) is 11.9. The fraction of sp³-hybridized carbons (Fsp3) is 0.556. The van der Waals surface area contributed by atoms with Gasteiger partial charge in [-0.05, 0) is 66.3 Å². The van der Waals surface area contributed by atoms with E-state index in [0.717, 1.165) is 44.1 Å². The van der Waals surface area contributed by atoms with Crippen LogP contribution in [0.25, 0.3) is 0 Å². The summed E-state index contributed by atoms with van der Waals surface area (Å²) in [6.07, 6.45) is 5.98. The van der Waals surface area contributed by atoms with Crippen molar-refractivity contribution in [3.8, 4) is 0 Å². The van der Waals surface area contributed by atoms with Crippen LogP contribution in [-0.4, -0.2) is 33.2 Å². The molecule has 0 saturated heterocycles. The number of hydrogen-bond acceptors (Lipinski definition) is 5. The van der Waals surface area contributed by atoms with E-state index in [0.29, 0.717) is 0 Å². The number of hydrogen-bond donors (Lipinski definition) is 1. The lowest BCUT2D eigenvalue weighted by molar-refractivity contribution is -0.140. The Hall–Kier alpha value is -1.89. The SMILES string of the molecule is COC(=O)CCS(=O)(=O)NC(=O)Cc1c2c(cc3c1CCC3)CCC2. The van der Waals surface area contributed by atoms with Crippen molar-refractivity contribution in [3.05, 3.63) is 33.9 Å². The number of fused-ring (bicyclic) bond motifs is 2. The third-order valence-electron chi connectivity index (χ3n) is 5.01. The summed E-state index contributed by atoms with van der Waals surface area (Å²) in [6, 6.07) is 2.28. The molecule has 2 aliphatic rings. The minimum absolute atomic E-state index is 0.0863. The summed E-state index contributed by atoms with van der Waals surface area (Å²) in [5.41, 5.74) is 6.14. The molecule has 0 saturated carbocycles. The first kappa shape index (κ1) is 17.9. The molecule has 0 spiro atoms. The number of amides is 1. The van der Waals surface area contributed by atoms with Crippen LogP contribution in [0.15, 0.2) is 6.07 Å². The second-order valence-corrected chi connectivity index (χ2v) is 8.53. The predicted molar refractivity (Wildman–Crippen MR) is 92.8 cm³/mol. The van der Waals surface area contributed by atoms with Crippen LogP contribution in [0.4, 0.5) is 0 Å². The molecule has 1 aromatic carbocycles. The normalized spacial score (nSPS) is 15.6. The van der Waals surface area contributed by atoms with Gasteiger partial charge >= 0.3 is 5.97 Å². The quantitative estimate of drug-likeness (QED) is 0.766. The van der Waals surface area contributed by atoms with Gasteiger partial charge in [-0.1, -0.05) is 6.07 Å². The van der Waals surface area contributed by atoms with Gasteiger partial charge in [0.2, 0.25) is 15.9 Å². The van der Waals surface area contributed by atoms with Gasteiger partial charge in [0.05, 0.1) is 25.7 Å². The van der Waals surface area contributed by atoms with Crippen molar-refractivity contribution in [2.45, 2.75) is 51.4 Å². The van der Waals surface area contributed by atoms with Gasteiger partial charge in [-0.3, -0.25) is 14.3 Å². The Labute approximate surface area is 148 Å². The summed E-state index contributed by atoms with van der Waals surface area (Å²) in [7, 11) is -2.64. The number of nitrogens with one attached hydrogen (secondary N) is 1. The molecule has 0 aromatic heterocycles. The Morgan fingerprint density at radius 3 is 2.24 bits per heavy atom. The highest BCUT2D eigenvalue weighted by Gasteiger charge is 2.26. The summed E-state index contributed by atoms with van der Waals surface area (Å²) >= 11 is 0. The summed E-state index contributed by atoms with van der Waals surface area (Å²) < 4.78 is 30.5. The molecule has 1 N–H and O–H groups in total. The molecule has 136 valence electrons. The van der Waals surface area contributed by atoms with Gasteiger partial charge in [0.25, 0.3) is 0 Å². The fourth-order valence-electron chi connectivity index (χ4n) is 3.89. The second-order valence-electron chi connectivity index (χ2n) is 6.68. The minimum Gasteiger partial charge on any atom is -0.469 e. The maximum atomic E-state index is 12.3. The number of aryl methyl sites for hydroxylation is 2. The number of esters is 1. The average molecular weight is 365 g/mol. The molecule has 1 aromatic rings. The van der Waals surface area contributed by atoms with Crippen LogP contribution < -0.4 is 4.72 Å². The van der Waals surface area contributed by atoms with E-state index in [4.69, 9.17) is 0 Å². The number of ether oxygens (including phenoxy) is 1. The summed E-state index contributed by atoms with van der Waals surface area (Å²) in [6.45, 7) is 0. The lowest BCUT2D eigenvalue weighted by Crippen LogP contribution is -2.34. The molecule has 0 radical (unpaired) electrons. The van der Waals surface area contributed by atoms with Gasteiger partial charge in [-0.2, -0.15) is 0 Å². The van der Waals surface area contributed by atoms with Crippen molar-refractivity contribution in [3.63, 3.8) is 0 Å². The predicted octanol–water partition coefficient (Wildman–Crippen LogP) is 1.22. The number of rotatable bonds is 6. The lowest BCUT2D eigenvalue weighted by Gasteiger charge is -2.15. The van der Waals surface area contributed by atoms with E-state index in [1.54, 1.807) is 0 Å². The second kappa shape index (κ2) is 7.15. The Morgan fingerprint density at radius 2 is 1.68 bits per heavy atom. The van der Waals surface area contributed by atoms with E-state index in [9.17, 15) is 18.0 Å². The molecular formula is C18H23NO5S. The maximum Gasteiger partial charge on any atom is 0.306 e. The van der Waals surface area contributed by atoms with E-state index in [1.165, 1.54) is 29.4 Å². The number of carbonyl (C=O) groups excluding carboxylic acids is 2. The Kier molecular flexibility index (Phi) is 5.13. The number of carbonyl (C=O) groups is 2. The molecular weight excluding hydrogens is 342 g/mol. The highest BCUT2D eigenvalue weighted by atomic mass is 32.2. The fourth-order valence-corrected chi connectivity index (χ4v) is 4.85. The van der Waals surface area contributed by atoms with Crippen LogP contribution >= 0.6 is 0 Å². The van der Waals surface area contributed by atoms with E-state index in [-0.39, 0.29) is 12.8 Å². The zero-order valence-corrected chi connectivity index (χ0v) is 15.2. The molecule has 2 aliphatic carbocycles. The van der Waals surface area contributed by atoms with E-state index in [1.807, 2.05) is 0 Å². The van der Waals surface area contributed by atoms with Crippen molar-refractivity contribution in [1.29, 1.82) is 0 Å². The van der Waals surface area contributed by atoms with Gasteiger partial charge in [-0.25, -0.2) is 8.42 Å². The molecule has 1 amide bonds. The summed E-state index contributed by atoms with van der Waals surface area (Å²) in [5.74, 6) is -1.59. The molecule has 7 heteroatoms. The molecule has 0 heterocycles. The van der Waals surface area contributed by atoms with Crippen LogP contribution in [0, 0.1) is 0 Å². The number of methoxy groups -OCH3 is 1. The zero-order valence-electron chi connectivity index (χ0n) is 14.4. The van der Waals surface area contributed by atoms with Crippen LogP contribution in [0.1, 0.15) is 47.1 Å². The van der Waals surface area contributed by atoms with Gasteiger partial charge in [-0.15, -0.1) is 0 Å². The molecule has 0 atom stereocenters. The van der Waals surface area contributed by atoms with Crippen molar-refractivity contribution in [1.82, 2.24) is 4.72 Å². The Balaban J connectivity index is 1.73. The zero-order chi connectivity index (χ0) is 18.0. The Morgan fingerprint density at radius 1 is 1.08 bits per heavy atom. The van der Waals surface area contributed by atoms with Crippen LogP contribution in [0.5, 0.6) is 0 Å². The van der Waals surface area contributed by atoms with Gasteiger partial charge < -0.3 is 4.74 Å². The van der Waals surface area contributed by atoms with Crippen molar-refractivity contribution >= 4 is 21.9 Å². The standard InChI is InChI=1S/C18H23NO5S/c1-24-18(21)8-9-25(22,23)19-17(20)11-16-14-6-2-4-12(14)10-13-5-3-7-15(13)16/h10H,2-9,11H2,1H3,(H,19,20). The lowest BCUT2D eigenvalue weighted by atomic mass is 9.92. The molecule has 3 rings (SSSR count). The van der Waals surface area contributed by atoms with Gasteiger partial charge in [0.15, 0.2) is 0 Å². The van der Waals surface area contributed by atoms with E-state index >= 15 is 0 Å². The molecule has 6 nitrogen and oxygen atoms in total. The average Bonchev–Trinajstić information content (AvgIpc) is 3.20. The van der Waals surface area contributed by atoms with Crippen molar-refractivity contribution < 1.29 is 22.7 Å². The van der Waals surface area contributed by atoms with Crippen molar-refractivity contribution in [2.24, 2.45) is 0 Å². The maximum absolute atomic E-state index is 12.3. The van der Waals surface area contributed by atoms with Crippen LogP contribution in [-0.2, 0) is 56.5 Å². The largest absolute Gasteiger partial charge is 0.469 e. The first-order valence-electron chi connectivity index (χ1n) is 8.65. The topological polar surface area (TPSA) is 89.5 Å². The van der Waals surface area contributed by atoms with Crippen LogP contribution in [0.3, 0.4) is 0 Å². The highest BCUT2D eigenvalue weighted by molar-refractivity contribution is 7.90. The molecule has 0 aliphatic heterocycles. The van der Waals surface area contributed by atoms with Gasteiger partial charge in [0.1, 0.15) is 0 Å². The monoisotopic (exact) mass is 365 g/mol. The smallest absolute Gasteiger partial charge is 0.306 e. The summed E-state index contributed by atoms with van der Waals surface area (Å²) in [5, 5.41) is 0. The van der Waals surface area contributed by atoms with Gasteiger partial charge in [0, 0.05) is 0 Å².